The summed E-state index contributed by atoms with van der Waals surface area (Å²) in [7, 11) is 2.03. The van der Waals surface area contributed by atoms with Crippen LogP contribution in [0.3, 0.4) is 0 Å². The first-order valence-corrected chi connectivity index (χ1v) is 5.43. The van der Waals surface area contributed by atoms with Crippen molar-refractivity contribution in [1.29, 1.82) is 0 Å². The van der Waals surface area contributed by atoms with E-state index in [1.807, 2.05) is 11.9 Å². The highest BCUT2D eigenvalue weighted by Crippen LogP contribution is 2.29. The van der Waals surface area contributed by atoms with E-state index in [0.29, 0.717) is 5.82 Å². The largest absolute Gasteiger partial charge is 0.417 e. The lowest BCUT2D eigenvalue weighted by atomic mass is 10.2. The van der Waals surface area contributed by atoms with E-state index in [2.05, 4.69) is 9.88 Å². The molecule has 0 bridgehead atoms. The van der Waals surface area contributed by atoms with Crippen molar-refractivity contribution in [2.45, 2.75) is 6.18 Å². The Hall–Kier alpha value is -1.30. The van der Waals surface area contributed by atoms with Gasteiger partial charge in [-0.15, -0.1) is 0 Å². The molecule has 94 valence electrons. The van der Waals surface area contributed by atoms with Gasteiger partial charge < -0.3 is 9.80 Å². The van der Waals surface area contributed by atoms with Gasteiger partial charge in [0.05, 0.1) is 5.56 Å². The standard InChI is InChI=1S/C11H14F3N3/c1-16-4-6-17(7-5-16)10-3-2-9(8-15-10)11(12,13)14/h2-3,8H,4-7H2,1H3. The molecule has 0 amide bonds. The number of hydrogen-bond acceptors (Lipinski definition) is 3. The molecule has 0 N–H and O–H groups in total. The molecule has 2 heterocycles. The number of anilines is 1. The van der Waals surface area contributed by atoms with E-state index in [1.165, 1.54) is 6.07 Å². The van der Waals surface area contributed by atoms with Crippen molar-refractivity contribution in [3.8, 4) is 0 Å². The summed E-state index contributed by atoms with van der Waals surface area (Å²) >= 11 is 0. The smallest absolute Gasteiger partial charge is 0.354 e. The van der Waals surface area contributed by atoms with Gasteiger partial charge in [-0.2, -0.15) is 13.2 Å². The Bertz CT molecular complexity index is 367. The summed E-state index contributed by atoms with van der Waals surface area (Å²) in [6, 6.07) is 2.52. The molecule has 0 aromatic carbocycles. The van der Waals surface area contributed by atoms with Gasteiger partial charge in [0.2, 0.25) is 0 Å². The number of likely N-dealkylation sites (N-methyl/N-ethyl adjacent to an activating group) is 1. The van der Waals surface area contributed by atoms with Crippen molar-refractivity contribution in [3.05, 3.63) is 23.9 Å². The molecule has 2 rings (SSSR count). The zero-order chi connectivity index (χ0) is 12.5. The first-order valence-electron chi connectivity index (χ1n) is 5.43. The van der Waals surface area contributed by atoms with Gasteiger partial charge in [-0.25, -0.2) is 4.98 Å². The van der Waals surface area contributed by atoms with Crippen molar-refractivity contribution >= 4 is 5.82 Å². The van der Waals surface area contributed by atoms with E-state index in [1.54, 1.807) is 0 Å². The number of hydrogen-bond donors (Lipinski definition) is 0. The first-order chi connectivity index (χ1) is 7.97. The molecule has 0 radical (unpaired) electrons. The Kier molecular flexibility index (Phi) is 3.24. The lowest BCUT2D eigenvalue weighted by molar-refractivity contribution is -0.137. The lowest BCUT2D eigenvalue weighted by Gasteiger charge is -2.33. The summed E-state index contributed by atoms with van der Waals surface area (Å²) in [5.41, 5.74) is -0.699. The molecule has 1 aromatic heterocycles. The van der Waals surface area contributed by atoms with E-state index >= 15 is 0 Å². The molecule has 3 nitrogen and oxygen atoms in total. The fourth-order valence-electron chi connectivity index (χ4n) is 1.78. The average molecular weight is 245 g/mol. The topological polar surface area (TPSA) is 19.4 Å². The van der Waals surface area contributed by atoms with Crippen LogP contribution in [-0.2, 0) is 6.18 Å². The van der Waals surface area contributed by atoms with Gasteiger partial charge in [-0.1, -0.05) is 0 Å². The zero-order valence-electron chi connectivity index (χ0n) is 9.54. The molecule has 0 saturated carbocycles. The number of alkyl halides is 3. The van der Waals surface area contributed by atoms with Gasteiger partial charge in [-0.3, -0.25) is 0 Å². The molecular formula is C11H14F3N3. The Morgan fingerprint density at radius 2 is 1.76 bits per heavy atom. The Morgan fingerprint density at radius 1 is 1.12 bits per heavy atom. The van der Waals surface area contributed by atoms with Crippen LogP contribution in [0, 0.1) is 0 Å². The van der Waals surface area contributed by atoms with E-state index in [0.717, 1.165) is 38.4 Å². The monoisotopic (exact) mass is 245 g/mol. The van der Waals surface area contributed by atoms with Gasteiger partial charge in [0.25, 0.3) is 0 Å². The molecule has 0 unspecified atom stereocenters. The maximum atomic E-state index is 12.4. The SMILES string of the molecule is CN1CCN(c2ccc(C(F)(F)F)cn2)CC1. The molecule has 6 heteroatoms. The molecule has 1 fully saturated rings. The lowest BCUT2D eigenvalue weighted by Crippen LogP contribution is -2.44. The molecule has 17 heavy (non-hydrogen) atoms. The summed E-state index contributed by atoms with van der Waals surface area (Å²) in [5, 5.41) is 0. The fraction of sp³-hybridized carbons (Fsp3) is 0.545. The van der Waals surface area contributed by atoms with Crippen molar-refractivity contribution in [1.82, 2.24) is 9.88 Å². The minimum atomic E-state index is -4.31. The number of pyridine rings is 1. The van der Waals surface area contributed by atoms with Crippen LogP contribution < -0.4 is 4.90 Å². The minimum absolute atomic E-state index is 0.617. The highest BCUT2D eigenvalue weighted by atomic mass is 19.4. The normalized spacial score (nSPS) is 18.5. The summed E-state index contributed by atoms with van der Waals surface area (Å²) in [6.45, 7) is 3.41. The second-order valence-corrected chi connectivity index (χ2v) is 4.19. The predicted molar refractivity (Wildman–Crippen MR) is 58.9 cm³/mol. The Morgan fingerprint density at radius 3 is 2.24 bits per heavy atom. The molecule has 0 spiro atoms. The average Bonchev–Trinajstić information content (AvgIpc) is 2.29. The van der Waals surface area contributed by atoms with E-state index < -0.39 is 11.7 Å². The predicted octanol–water partition coefficient (Wildman–Crippen LogP) is 1.85. The van der Waals surface area contributed by atoms with Crippen molar-refractivity contribution in [2.24, 2.45) is 0 Å². The molecule has 1 aliphatic heterocycles. The third kappa shape index (κ3) is 2.88. The van der Waals surface area contributed by atoms with Gasteiger partial charge in [0.1, 0.15) is 5.82 Å². The van der Waals surface area contributed by atoms with Crippen molar-refractivity contribution in [2.75, 3.05) is 38.1 Å². The maximum absolute atomic E-state index is 12.4. The quantitative estimate of drug-likeness (QED) is 0.752. The molecule has 1 aliphatic rings. The number of halogens is 3. The second kappa shape index (κ2) is 4.52. The van der Waals surface area contributed by atoms with Crippen LogP contribution in [0.2, 0.25) is 0 Å². The third-order valence-electron chi connectivity index (χ3n) is 2.90. The number of rotatable bonds is 1. The Balaban J connectivity index is 2.08. The third-order valence-corrected chi connectivity index (χ3v) is 2.90. The van der Waals surface area contributed by atoms with Crippen LogP contribution in [0.1, 0.15) is 5.56 Å². The van der Waals surface area contributed by atoms with Gasteiger partial charge >= 0.3 is 6.18 Å². The summed E-state index contributed by atoms with van der Waals surface area (Å²) in [5.74, 6) is 0.617. The minimum Gasteiger partial charge on any atom is -0.354 e. The summed E-state index contributed by atoms with van der Waals surface area (Å²) in [6.07, 6.45) is -3.42. The van der Waals surface area contributed by atoms with Crippen LogP contribution in [0.15, 0.2) is 18.3 Å². The number of piperazine rings is 1. The van der Waals surface area contributed by atoms with Gasteiger partial charge in [0.15, 0.2) is 0 Å². The highest BCUT2D eigenvalue weighted by Gasteiger charge is 2.30. The first kappa shape index (κ1) is 12.2. The van der Waals surface area contributed by atoms with E-state index in [4.69, 9.17) is 0 Å². The van der Waals surface area contributed by atoms with Crippen molar-refractivity contribution in [3.63, 3.8) is 0 Å². The molecule has 1 aromatic rings. The highest BCUT2D eigenvalue weighted by molar-refractivity contribution is 5.40. The van der Waals surface area contributed by atoms with E-state index in [-0.39, 0.29) is 0 Å². The maximum Gasteiger partial charge on any atom is 0.417 e. The van der Waals surface area contributed by atoms with Gasteiger partial charge in [-0.05, 0) is 19.2 Å². The van der Waals surface area contributed by atoms with Crippen molar-refractivity contribution < 1.29 is 13.2 Å². The zero-order valence-corrected chi connectivity index (χ0v) is 9.54. The molecule has 0 atom stereocenters. The van der Waals surface area contributed by atoms with Crippen LogP contribution in [0.5, 0.6) is 0 Å². The van der Waals surface area contributed by atoms with Crippen LogP contribution in [0.4, 0.5) is 19.0 Å². The van der Waals surface area contributed by atoms with Crippen LogP contribution in [-0.4, -0.2) is 43.1 Å². The van der Waals surface area contributed by atoms with Gasteiger partial charge in [0, 0.05) is 32.4 Å². The number of nitrogens with zero attached hydrogens (tertiary/aromatic N) is 3. The molecular weight excluding hydrogens is 231 g/mol. The summed E-state index contributed by atoms with van der Waals surface area (Å²) < 4.78 is 37.1. The molecule has 0 aliphatic carbocycles. The second-order valence-electron chi connectivity index (χ2n) is 4.19. The molecule has 1 saturated heterocycles. The van der Waals surface area contributed by atoms with Crippen LogP contribution >= 0.6 is 0 Å². The van der Waals surface area contributed by atoms with Crippen LogP contribution in [0.25, 0.3) is 0 Å². The summed E-state index contributed by atoms with van der Waals surface area (Å²) in [4.78, 5) is 8.06. The fourth-order valence-corrected chi connectivity index (χ4v) is 1.78. The Labute approximate surface area is 97.9 Å². The number of aromatic nitrogens is 1. The van der Waals surface area contributed by atoms with E-state index in [9.17, 15) is 13.2 Å².